The van der Waals surface area contributed by atoms with Crippen LogP contribution in [-0.2, 0) is 14.8 Å². The molecule has 9 heteroatoms. The average molecular weight is 400 g/mol. The fourth-order valence-corrected chi connectivity index (χ4v) is 3.96. The van der Waals surface area contributed by atoms with Crippen LogP contribution in [0.25, 0.3) is 0 Å². The maximum Gasteiger partial charge on any atom is 0.263 e. The van der Waals surface area contributed by atoms with Gasteiger partial charge >= 0.3 is 0 Å². The minimum Gasteiger partial charge on any atom is -0.345 e. The molecular weight excluding hydrogens is 380 g/mol. The number of nitrogens with zero attached hydrogens (tertiary/aromatic N) is 2. The number of anilines is 1. The lowest BCUT2D eigenvalue weighted by Gasteiger charge is -2.13. The van der Waals surface area contributed by atoms with Gasteiger partial charge in [0, 0.05) is 30.9 Å². The van der Waals surface area contributed by atoms with Crippen LogP contribution in [0, 0.1) is 0 Å². The molecule has 0 radical (unpaired) electrons. The Balaban J connectivity index is 1.79. The zero-order valence-electron chi connectivity index (χ0n) is 15.6. The third-order valence-corrected chi connectivity index (χ3v) is 5.55. The van der Waals surface area contributed by atoms with Gasteiger partial charge in [0.2, 0.25) is 5.91 Å². The summed E-state index contributed by atoms with van der Waals surface area (Å²) >= 11 is 0. The maximum absolute atomic E-state index is 12.5. The zero-order valence-corrected chi connectivity index (χ0v) is 16.4. The standard InChI is InChI=1S/C19H20N4O4S/c1-12(20-17-15-9-4-5-10-16(15)28(26,27)22-17)18(24)21-14-8-6-7-13(11-14)19(25)23(2)3/h4-12H,1-3H3,(H,20,22)(H,21,24)/t12-/m0/s1. The smallest absolute Gasteiger partial charge is 0.263 e. The molecule has 3 rings (SSSR count). The van der Waals surface area contributed by atoms with E-state index in [-0.39, 0.29) is 16.6 Å². The molecule has 0 fully saturated rings. The van der Waals surface area contributed by atoms with E-state index in [9.17, 15) is 18.0 Å². The van der Waals surface area contributed by atoms with Gasteiger partial charge in [0.25, 0.3) is 15.9 Å². The fraction of sp³-hybridized carbons (Fsp3) is 0.211. The highest BCUT2D eigenvalue weighted by atomic mass is 32.2. The molecule has 28 heavy (non-hydrogen) atoms. The van der Waals surface area contributed by atoms with Gasteiger partial charge in [-0.3, -0.25) is 19.3 Å². The van der Waals surface area contributed by atoms with Gasteiger partial charge in [0.1, 0.15) is 11.9 Å². The van der Waals surface area contributed by atoms with Gasteiger partial charge in [-0.05, 0) is 37.3 Å². The predicted octanol–water partition coefficient (Wildman–Crippen LogP) is 1.45. The highest BCUT2D eigenvalue weighted by Crippen LogP contribution is 2.22. The van der Waals surface area contributed by atoms with Crippen LogP contribution in [0.3, 0.4) is 0 Å². The SMILES string of the molecule is C[C@H](N=C1NS(=O)(=O)c2ccccc21)C(=O)Nc1cccc(C(=O)N(C)C)c1. The molecular formula is C19H20N4O4S. The molecule has 0 bridgehead atoms. The first-order valence-electron chi connectivity index (χ1n) is 8.51. The lowest BCUT2D eigenvalue weighted by atomic mass is 10.1. The molecule has 0 aliphatic carbocycles. The molecule has 0 saturated carbocycles. The molecule has 2 aromatic rings. The first-order chi connectivity index (χ1) is 13.2. The molecule has 146 valence electrons. The molecule has 2 amide bonds. The van der Waals surface area contributed by atoms with Crippen molar-refractivity contribution in [1.29, 1.82) is 0 Å². The minimum atomic E-state index is -3.66. The van der Waals surface area contributed by atoms with Crippen LogP contribution in [0.4, 0.5) is 5.69 Å². The fourth-order valence-electron chi connectivity index (χ4n) is 2.72. The van der Waals surface area contributed by atoms with Gasteiger partial charge in [-0.25, -0.2) is 8.42 Å². The van der Waals surface area contributed by atoms with Crippen LogP contribution >= 0.6 is 0 Å². The van der Waals surface area contributed by atoms with Gasteiger partial charge in [0.15, 0.2) is 0 Å². The Labute approximate surface area is 163 Å². The number of fused-ring (bicyclic) bond motifs is 1. The number of benzene rings is 2. The van der Waals surface area contributed by atoms with Crippen molar-refractivity contribution in [1.82, 2.24) is 9.62 Å². The van der Waals surface area contributed by atoms with E-state index in [1.807, 2.05) is 0 Å². The third-order valence-electron chi connectivity index (χ3n) is 4.15. The molecule has 0 saturated heterocycles. The predicted molar refractivity (Wildman–Crippen MR) is 106 cm³/mol. The Morgan fingerprint density at radius 1 is 1.11 bits per heavy atom. The maximum atomic E-state index is 12.5. The highest BCUT2D eigenvalue weighted by Gasteiger charge is 2.31. The Hall–Kier alpha value is -3.20. The normalized spacial score (nSPS) is 16.8. The van der Waals surface area contributed by atoms with Crippen molar-refractivity contribution in [2.75, 3.05) is 19.4 Å². The summed E-state index contributed by atoms with van der Waals surface area (Å²) in [5.41, 5.74) is 1.33. The summed E-state index contributed by atoms with van der Waals surface area (Å²) in [5, 5.41) is 2.70. The topological polar surface area (TPSA) is 108 Å². The largest absolute Gasteiger partial charge is 0.345 e. The number of aliphatic imine (C=N–C) groups is 1. The van der Waals surface area contributed by atoms with E-state index in [0.29, 0.717) is 16.8 Å². The lowest BCUT2D eigenvalue weighted by Crippen LogP contribution is -2.29. The van der Waals surface area contributed by atoms with Crippen molar-refractivity contribution in [2.24, 2.45) is 4.99 Å². The van der Waals surface area contributed by atoms with Crippen LogP contribution in [0.2, 0.25) is 0 Å². The van der Waals surface area contributed by atoms with E-state index in [0.717, 1.165) is 0 Å². The van der Waals surface area contributed by atoms with Gasteiger partial charge < -0.3 is 10.2 Å². The second-order valence-corrected chi connectivity index (χ2v) is 8.18. The Morgan fingerprint density at radius 3 is 2.54 bits per heavy atom. The quantitative estimate of drug-likeness (QED) is 0.810. The average Bonchev–Trinajstić information content (AvgIpc) is 2.91. The van der Waals surface area contributed by atoms with Crippen molar-refractivity contribution in [3.8, 4) is 0 Å². The van der Waals surface area contributed by atoms with Crippen LogP contribution in [0.1, 0.15) is 22.8 Å². The molecule has 1 heterocycles. The molecule has 0 aromatic heterocycles. The van der Waals surface area contributed by atoms with E-state index in [1.165, 1.54) is 11.0 Å². The minimum absolute atomic E-state index is 0.134. The van der Waals surface area contributed by atoms with E-state index in [4.69, 9.17) is 0 Å². The number of amidine groups is 1. The van der Waals surface area contributed by atoms with Gasteiger partial charge in [-0.2, -0.15) is 0 Å². The number of amides is 2. The summed E-state index contributed by atoms with van der Waals surface area (Å²) < 4.78 is 26.6. The van der Waals surface area contributed by atoms with Crippen LogP contribution in [0.5, 0.6) is 0 Å². The molecule has 2 N–H and O–H groups in total. The van der Waals surface area contributed by atoms with Crippen molar-refractivity contribution < 1.29 is 18.0 Å². The second-order valence-electron chi connectivity index (χ2n) is 6.52. The number of sulfonamides is 1. The van der Waals surface area contributed by atoms with Crippen molar-refractivity contribution in [3.63, 3.8) is 0 Å². The van der Waals surface area contributed by atoms with Crippen LogP contribution < -0.4 is 10.0 Å². The van der Waals surface area contributed by atoms with Gasteiger partial charge in [-0.15, -0.1) is 0 Å². The summed E-state index contributed by atoms with van der Waals surface area (Å²) in [6, 6.07) is 12.2. The first-order valence-corrected chi connectivity index (χ1v) is 10.00. The molecule has 8 nitrogen and oxygen atoms in total. The Morgan fingerprint density at radius 2 is 1.82 bits per heavy atom. The van der Waals surface area contributed by atoms with Crippen LogP contribution in [0.15, 0.2) is 58.4 Å². The molecule has 0 unspecified atom stereocenters. The van der Waals surface area contributed by atoms with Crippen molar-refractivity contribution in [2.45, 2.75) is 17.9 Å². The Kier molecular flexibility index (Phi) is 5.19. The molecule has 2 aromatic carbocycles. The van der Waals surface area contributed by atoms with Crippen molar-refractivity contribution in [3.05, 3.63) is 59.7 Å². The van der Waals surface area contributed by atoms with E-state index in [1.54, 1.807) is 63.5 Å². The summed E-state index contributed by atoms with van der Waals surface area (Å²) in [4.78, 5) is 30.4. The second kappa shape index (κ2) is 7.43. The van der Waals surface area contributed by atoms with Gasteiger partial charge in [-0.1, -0.05) is 18.2 Å². The summed E-state index contributed by atoms with van der Waals surface area (Å²) in [6.07, 6.45) is 0. The number of nitrogens with one attached hydrogen (secondary N) is 2. The van der Waals surface area contributed by atoms with E-state index >= 15 is 0 Å². The molecule has 1 atom stereocenters. The monoisotopic (exact) mass is 400 g/mol. The lowest BCUT2D eigenvalue weighted by molar-refractivity contribution is -0.117. The van der Waals surface area contributed by atoms with Crippen LogP contribution in [-0.4, -0.2) is 51.1 Å². The number of rotatable bonds is 4. The molecule has 0 spiro atoms. The van der Waals surface area contributed by atoms with E-state index < -0.39 is 22.0 Å². The highest BCUT2D eigenvalue weighted by molar-refractivity contribution is 7.90. The zero-order chi connectivity index (χ0) is 20.5. The number of hydrogen-bond donors (Lipinski definition) is 2. The third kappa shape index (κ3) is 3.89. The molecule has 1 aliphatic rings. The summed E-state index contributed by atoms with van der Waals surface area (Å²) in [7, 11) is -0.373. The first kappa shape index (κ1) is 19.6. The van der Waals surface area contributed by atoms with Crippen molar-refractivity contribution >= 4 is 33.4 Å². The summed E-state index contributed by atoms with van der Waals surface area (Å²) in [6.45, 7) is 1.56. The van der Waals surface area contributed by atoms with E-state index in [2.05, 4.69) is 15.0 Å². The Bertz CT molecular complexity index is 1080. The van der Waals surface area contributed by atoms with Gasteiger partial charge in [0.05, 0.1) is 4.90 Å². The number of carbonyl (C=O) groups is 2. The molecule has 1 aliphatic heterocycles. The summed E-state index contributed by atoms with van der Waals surface area (Å²) in [5.74, 6) is -0.471. The number of hydrogen-bond acceptors (Lipinski definition) is 5. The number of carbonyl (C=O) groups excluding carboxylic acids is 2.